The Labute approximate surface area is 168 Å². The minimum Gasteiger partial charge on any atom is -0.350 e. The minimum absolute atomic E-state index is 0.200. The van der Waals surface area contributed by atoms with Crippen LogP contribution >= 0.6 is 0 Å². The van der Waals surface area contributed by atoms with Crippen molar-refractivity contribution < 1.29 is 4.39 Å². The molecule has 3 heterocycles. The lowest BCUT2D eigenvalue weighted by molar-refractivity contribution is 0.600. The van der Waals surface area contributed by atoms with E-state index in [-0.39, 0.29) is 11.9 Å². The fraction of sp³-hybridized carbons (Fsp3) is 0.409. The number of hydrogen-bond donors (Lipinski definition) is 1. The highest BCUT2D eigenvalue weighted by molar-refractivity contribution is 5.88. The zero-order valence-electron chi connectivity index (χ0n) is 17.1. The number of anilines is 1. The van der Waals surface area contributed by atoms with Gasteiger partial charge in [-0.2, -0.15) is 0 Å². The molecule has 0 radical (unpaired) electrons. The molecule has 0 unspecified atom stereocenters. The Balaban J connectivity index is 1.58. The van der Waals surface area contributed by atoms with E-state index in [1.54, 1.807) is 16.8 Å². The number of hydrogen-bond acceptors (Lipinski definition) is 4. The van der Waals surface area contributed by atoms with Crippen molar-refractivity contribution in [1.29, 1.82) is 0 Å². The van der Waals surface area contributed by atoms with Crippen LogP contribution < -0.4 is 5.32 Å². The molecule has 1 N–H and O–H groups in total. The summed E-state index contributed by atoms with van der Waals surface area (Å²) in [6.45, 7) is 8.25. The highest BCUT2D eigenvalue weighted by Crippen LogP contribution is 2.34. The lowest BCUT2D eigenvalue weighted by atomic mass is 10.1. The molecule has 29 heavy (non-hydrogen) atoms. The van der Waals surface area contributed by atoms with Gasteiger partial charge in [-0.1, -0.05) is 0 Å². The lowest BCUT2D eigenvalue weighted by Crippen LogP contribution is -2.19. The molecule has 5 rings (SSSR count). The first kappa shape index (κ1) is 18.1. The number of nitrogens with one attached hydrogen (secondary N) is 1. The Morgan fingerprint density at radius 1 is 1.17 bits per heavy atom. The zero-order chi connectivity index (χ0) is 20.3. The topological polar surface area (TPSA) is 60.0 Å². The molecule has 7 heteroatoms. The van der Waals surface area contributed by atoms with E-state index in [9.17, 15) is 4.39 Å². The molecule has 6 nitrogen and oxygen atoms in total. The van der Waals surface area contributed by atoms with Gasteiger partial charge in [0.15, 0.2) is 5.82 Å². The number of nitrogens with zero attached hydrogens (tertiary/aromatic N) is 5. The summed E-state index contributed by atoms with van der Waals surface area (Å²) in [7, 11) is 0. The average molecular weight is 392 g/mol. The Morgan fingerprint density at radius 3 is 2.69 bits per heavy atom. The molecular weight excluding hydrogens is 367 g/mol. The fourth-order valence-electron chi connectivity index (χ4n) is 4.20. The second-order valence-corrected chi connectivity index (χ2v) is 8.36. The van der Waals surface area contributed by atoms with E-state index in [4.69, 9.17) is 0 Å². The van der Waals surface area contributed by atoms with Gasteiger partial charge in [-0.15, -0.1) is 5.10 Å². The molecular formula is C22H25FN6. The first-order valence-electron chi connectivity index (χ1n) is 10.2. The molecule has 1 fully saturated rings. The third kappa shape index (κ3) is 3.05. The standard InChI is InChI=1S/C22H25FN6/c1-12(2)29-14(4)26-21-18(23)9-16(10-19(21)29)17-7-8-28-20(17)11-24-22(27-28)25-13(3)15-5-6-15/h7-13,15H,5-6H2,1-4H3,(H,25,27)/t13-/m1/s1. The Kier molecular flexibility index (Phi) is 4.08. The van der Waals surface area contributed by atoms with Crippen LogP contribution in [0.1, 0.15) is 45.5 Å². The van der Waals surface area contributed by atoms with Crippen molar-refractivity contribution >= 4 is 22.5 Å². The summed E-state index contributed by atoms with van der Waals surface area (Å²) in [6, 6.07) is 6.09. The smallest absolute Gasteiger partial charge is 0.241 e. The predicted molar refractivity (Wildman–Crippen MR) is 113 cm³/mol. The second kappa shape index (κ2) is 6.54. The molecule has 0 amide bonds. The number of rotatable bonds is 5. The van der Waals surface area contributed by atoms with Crippen molar-refractivity contribution in [3.63, 3.8) is 0 Å². The van der Waals surface area contributed by atoms with E-state index in [1.807, 2.05) is 25.3 Å². The Bertz CT molecular complexity index is 1220. The van der Waals surface area contributed by atoms with Crippen LogP contribution in [0.2, 0.25) is 0 Å². The first-order valence-corrected chi connectivity index (χ1v) is 10.2. The second-order valence-electron chi connectivity index (χ2n) is 8.36. The van der Waals surface area contributed by atoms with Gasteiger partial charge in [0.1, 0.15) is 11.3 Å². The quantitative estimate of drug-likeness (QED) is 0.520. The highest BCUT2D eigenvalue weighted by Gasteiger charge is 2.28. The maximum atomic E-state index is 14.9. The number of benzene rings is 1. The van der Waals surface area contributed by atoms with E-state index in [0.29, 0.717) is 17.5 Å². The van der Waals surface area contributed by atoms with E-state index >= 15 is 0 Å². The first-order chi connectivity index (χ1) is 13.9. The van der Waals surface area contributed by atoms with Crippen molar-refractivity contribution in [2.45, 2.75) is 52.6 Å². The van der Waals surface area contributed by atoms with Crippen LogP contribution in [-0.2, 0) is 0 Å². The Hall–Kier alpha value is -2.96. The summed E-state index contributed by atoms with van der Waals surface area (Å²) in [5.41, 5.74) is 3.78. The number of aryl methyl sites for hydroxylation is 1. The van der Waals surface area contributed by atoms with Crippen molar-refractivity contribution in [3.05, 3.63) is 42.2 Å². The van der Waals surface area contributed by atoms with Crippen LogP contribution in [0.3, 0.4) is 0 Å². The van der Waals surface area contributed by atoms with Crippen LogP contribution in [0.25, 0.3) is 27.7 Å². The van der Waals surface area contributed by atoms with Crippen LogP contribution in [0.4, 0.5) is 10.3 Å². The van der Waals surface area contributed by atoms with Gasteiger partial charge in [-0.25, -0.2) is 18.9 Å². The highest BCUT2D eigenvalue weighted by atomic mass is 19.1. The maximum Gasteiger partial charge on any atom is 0.241 e. The molecule has 1 saturated carbocycles. The van der Waals surface area contributed by atoms with Crippen molar-refractivity contribution in [3.8, 4) is 11.1 Å². The molecule has 1 atom stereocenters. The SMILES string of the molecule is Cc1nc2c(F)cc(-c3ccn4nc(N[C@H](C)C5CC5)ncc34)cc2n1C(C)C. The van der Waals surface area contributed by atoms with E-state index < -0.39 is 0 Å². The molecule has 0 spiro atoms. The lowest BCUT2D eigenvalue weighted by Gasteiger charge is -2.13. The van der Waals surface area contributed by atoms with Crippen molar-refractivity contribution in [1.82, 2.24) is 24.1 Å². The molecule has 1 aliphatic carbocycles. The van der Waals surface area contributed by atoms with Crippen LogP contribution in [0, 0.1) is 18.7 Å². The van der Waals surface area contributed by atoms with Gasteiger partial charge in [0.25, 0.3) is 0 Å². The van der Waals surface area contributed by atoms with Gasteiger partial charge in [-0.05, 0) is 70.2 Å². The molecule has 3 aromatic heterocycles. The zero-order valence-corrected chi connectivity index (χ0v) is 17.1. The normalized spacial score (nSPS) is 15.5. The van der Waals surface area contributed by atoms with Crippen LogP contribution in [-0.4, -0.2) is 30.2 Å². The fourth-order valence-corrected chi connectivity index (χ4v) is 4.20. The molecule has 150 valence electrons. The van der Waals surface area contributed by atoms with Gasteiger partial charge in [0, 0.05) is 23.8 Å². The van der Waals surface area contributed by atoms with Gasteiger partial charge in [0.05, 0.1) is 17.2 Å². The minimum atomic E-state index is -0.309. The van der Waals surface area contributed by atoms with Crippen molar-refractivity contribution in [2.24, 2.45) is 5.92 Å². The molecule has 0 saturated heterocycles. The van der Waals surface area contributed by atoms with E-state index in [1.165, 1.54) is 12.8 Å². The summed E-state index contributed by atoms with van der Waals surface area (Å²) in [5.74, 6) is 1.85. The van der Waals surface area contributed by atoms with Crippen LogP contribution in [0.15, 0.2) is 30.6 Å². The monoisotopic (exact) mass is 392 g/mol. The number of aromatic nitrogens is 5. The molecule has 1 aromatic carbocycles. The molecule has 0 bridgehead atoms. The van der Waals surface area contributed by atoms with E-state index in [0.717, 1.165) is 33.9 Å². The summed E-state index contributed by atoms with van der Waals surface area (Å²) in [5, 5.41) is 7.98. The summed E-state index contributed by atoms with van der Waals surface area (Å²) in [6.07, 6.45) is 6.24. The Morgan fingerprint density at radius 2 is 1.97 bits per heavy atom. The number of imidazole rings is 1. The molecule has 4 aromatic rings. The third-order valence-electron chi connectivity index (χ3n) is 5.86. The molecule has 1 aliphatic rings. The average Bonchev–Trinajstić information content (AvgIpc) is 3.35. The van der Waals surface area contributed by atoms with E-state index in [2.05, 4.69) is 45.7 Å². The third-order valence-corrected chi connectivity index (χ3v) is 5.86. The number of fused-ring (bicyclic) bond motifs is 2. The maximum absolute atomic E-state index is 14.9. The summed E-state index contributed by atoms with van der Waals surface area (Å²) in [4.78, 5) is 8.92. The van der Waals surface area contributed by atoms with Gasteiger partial charge in [0.2, 0.25) is 5.95 Å². The van der Waals surface area contributed by atoms with Gasteiger partial charge >= 0.3 is 0 Å². The van der Waals surface area contributed by atoms with Gasteiger partial charge in [-0.3, -0.25) is 0 Å². The van der Waals surface area contributed by atoms with Crippen molar-refractivity contribution in [2.75, 3.05) is 5.32 Å². The predicted octanol–water partition coefficient (Wildman–Crippen LogP) is 4.98. The summed E-state index contributed by atoms with van der Waals surface area (Å²) < 4.78 is 18.7. The summed E-state index contributed by atoms with van der Waals surface area (Å²) >= 11 is 0. The van der Waals surface area contributed by atoms with Crippen LogP contribution in [0.5, 0.6) is 0 Å². The van der Waals surface area contributed by atoms with Gasteiger partial charge < -0.3 is 9.88 Å². The largest absolute Gasteiger partial charge is 0.350 e. The molecule has 0 aliphatic heterocycles. The number of halogens is 1.